The van der Waals surface area contributed by atoms with Crippen molar-refractivity contribution in [1.82, 2.24) is 0 Å². The van der Waals surface area contributed by atoms with Crippen molar-refractivity contribution in [3.8, 4) is 5.75 Å². The van der Waals surface area contributed by atoms with Crippen molar-refractivity contribution < 1.29 is 19.7 Å². The second-order valence-electron chi connectivity index (χ2n) is 2.51. The average molecular weight is 182 g/mol. The van der Waals surface area contributed by atoms with Gasteiger partial charge in [-0.2, -0.15) is 0 Å². The van der Waals surface area contributed by atoms with Gasteiger partial charge in [-0.1, -0.05) is 18.2 Å². The van der Waals surface area contributed by atoms with E-state index in [-0.39, 0.29) is 11.3 Å². The van der Waals surface area contributed by atoms with Crippen LogP contribution in [0.5, 0.6) is 5.75 Å². The first-order valence-corrected chi connectivity index (χ1v) is 3.70. The molecule has 0 aliphatic rings. The van der Waals surface area contributed by atoms with Gasteiger partial charge >= 0.3 is 5.97 Å². The lowest BCUT2D eigenvalue weighted by Crippen LogP contribution is -2.13. The molecule has 2 N–H and O–H groups in total. The van der Waals surface area contributed by atoms with Gasteiger partial charge < -0.3 is 14.9 Å². The number of aliphatic carboxylic acids is 1. The molecule has 1 unspecified atom stereocenters. The van der Waals surface area contributed by atoms with Crippen LogP contribution in [0.2, 0.25) is 0 Å². The number of carboxylic acid groups (broad SMARTS) is 1. The van der Waals surface area contributed by atoms with Crippen molar-refractivity contribution in [2.24, 2.45) is 0 Å². The third-order valence-corrected chi connectivity index (χ3v) is 1.68. The molecule has 0 aromatic heterocycles. The number of phenols is 1. The summed E-state index contributed by atoms with van der Waals surface area (Å²) < 4.78 is 4.72. The molecule has 0 amide bonds. The lowest BCUT2D eigenvalue weighted by molar-refractivity contribution is -0.149. The van der Waals surface area contributed by atoms with Crippen LogP contribution in [0.3, 0.4) is 0 Å². The molecule has 1 rings (SSSR count). The zero-order valence-electron chi connectivity index (χ0n) is 7.10. The smallest absolute Gasteiger partial charge is 0.337 e. The Bertz CT molecular complexity index is 308. The van der Waals surface area contributed by atoms with E-state index in [4.69, 9.17) is 9.84 Å². The zero-order valence-corrected chi connectivity index (χ0v) is 7.10. The summed E-state index contributed by atoms with van der Waals surface area (Å²) in [4.78, 5) is 10.6. The van der Waals surface area contributed by atoms with Gasteiger partial charge in [0.2, 0.25) is 0 Å². The number of ether oxygens (including phenoxy) is 1. The summed E-state index contributed by atoms with van der Waals surface area (Å²) in [6.07, 6.45) is -1.11. The standard InChI is InChI=1S/C9H10O4/c1-13-8(9(11)12)6-4-2-3-5-7(6)10/h2-5,8,10H,1H3,(H,11,12). The van der Waals surface area contributed by atoms with Crippen LogP contribution in [-0.4, -0.2) is 23.3 Å². The maximum Gasteiger partial charge on any atom is 0.337 e. The van der Waals surface area contributed by atoms with Gasteiger partial charge in [-0.25, -0.2) is 4.79 Å². The Kier molecular flexibility index (Phi) is 2.87. The van der Waals surface area contributed by atoms with Gasteiger partial charge in [0.05, 0.1) is 0 Å². The van der Waals surface area contributed by atoms with Gasteiger partial charge in [-0.15, -0.1) is 0 Å². The third-order valence-electron chi connectivity index (χ3n) is 1.68. The van der Waals surface area contributed by atoms with Gasteiger partial charge in [0.25, 0.3) is 0 Å². The molecule has 0 radical (unpaired) electrons. The van der Waals surface area contributed by atoms with E-state index in [1.54, 1.807) is 12.1 Å². The van der Waals surface area contributed by atoms with E-state index in [0.717, 1.165) is 0 Å². The number of carbonyl (C=O) groups is 1. The highest BCUT2D eigenvalue weighted by atomic mass is 16.5. The topological polar surface area (TPSA) is 66.8 Å². The summed E-state index contributed by atoms with van der Waals surface area (Å²) in [7, 11) is 1.28. The normalized spacial score (nSPS) is 12.4. The molecule has 0 heterocycles. The number of rotatable bonds is 3. The fraction of sp³-hybridized carbons (Fsp3) is 0.222. The van der Waals surface area contributed by atoms with E-state index in [1.807, 2.05) is 0 Å². The van der Waals surface area contributed by atoms with E-state index in [9.17, 15) is 9.90 Å². The maximum atomic E-state index is 10.6. The first kappa shape index (κ1) is 9.54. The highest BCUT2D eigenvalue weighted by molar-refractivity contribution is 5.75. The summed E-state index contributed by atoms with van der Waals surface area (Å²) in [5.41, 5.74) is 0.262. The number of benzene rings is 1. The van der Waals surface area contributed by atoms with Crippen LogP contribution in [-0.2, 0) is 9.53 Å². The molecule has 0 aliphatic carbocycles. The van der Waals surface area contributed by atoms with Crippen molar-refractivity contribution in [2.75, 3.05) is 7.11 Å². The highest BCUT2D eigenvalue weighted by Crippen LogP contribution is 2.25. The molecule has 0 aliphatic heterocycles. The largest absolute Gasteiger partial charge is 0.508 e. The minimum atomic E-state index is -1.12. The minimum Gasteiger partial charge on any atom is -0.508 e. The molecule has 4 nitrogen and oxygen atoms in total. The fourth-order valence-corrected chi connectivity index (χ4v) is 1.07. The number of hydrogen-bond acceptors (Lipinski definition) is 3. The van der Waals surface area contributed by atoms with E-state index >= 15 is 0 Å². The second kappa shape index (κ2) is 3.91. The van der Waals surface area contributed by atoms with Crippen LogP contribution in [0.25, 0.3) is 0 Å². The van der Waals surface area contributed by atoms with Gasteiger partial charge in [-0.05, 0) is 6.07 Å². The maximum absolute atomic E-state index is 10.6. The minimum absolute atomic E-state index is 0.0725. The lowest BCUT2D eigenvalue weighted by Gasteiger charge is -2.11. The van der Waals surface area contributed by atoms with Crippen LogP contribution < -0.4 is 0 Å². The summed E-state index contributed by atoms with van der Waals surface area (Å²) in [5.74, 6) is -1.19. The van der Waals surface area contributed by atoms with Crippen molar-refractivity contribution in [3.05, 3.63) is 29.8 Å². The Morgan fingerprint density at radius 3 is 2.54 bits per heavy atom. The van der Waals surface area contributed by atoms with Crippen molar-refractivity contribution in [2.45, 2.75) is 6.10 Å². The highest BCUT2D eigenvalue weighted by Gasteiger charge is 2.21. The fourth-order valence-electron chi connectivity index (χ4n) is 1.07. The van der Waals surface area contributed by atoms with Crippen LogP contribution in [0.4, 0.5) is 0 Å². The Hall–Kier alpha value is -1.55. The number of phenolic OH excluding ortho intramolecular Hbond substituents is 1. The van der Waals surface area contributed by atoms with Crippen molar-refractivity contribution in [3.63, 3.8) is 0 Å². The van der Waals surface area contributed by atoms with Crippen LogP contribution >= 0.6 is 0 Å². The second-order valence-corrected chi connectivity index (χ2v) is 2.51. The molecule has 0 saturated heterocycles. The molecule has 1 aromatic rings. The summed E-state index contributed by atoms with van der Waals surface area (Å²) in [6, 6.07) is 6.19. The van der Waals surface area contributed by atoms with Gasteiger partial charge in [0.1, 0.15) is 5.75 Å². The molecule has 4 heteroatoms. The molecular weight excluding hydrogens is 172 g/mol. The van der Waals surface area contributed by atoms with Crippen molar-refractivity contribution in [1.29, 1.82) is 0 Å². The Morgan fingerprint density at radius 1 is 1.46 bits per heavy atom. The van der Waals surface area contributed by atoms with Gasteiger partial charge in [0, 0.05) is 12.7 Å². The monoisotopic (exact) mass is 182 g/mol. The predicted molar refractivity (Wildman–Crippen MR) is 45.5 cm³/mol. The Balaban J connectivity index is 3.04. The van der Waals surface area contributed by atoms with E-state index in [0.29, 0.717) is 0 Å². The van der Waals surface area contributed by atoms with E-state index in [1.165, 1.54) is 19.2 Å². The summed E-state index contributed by atoms with van der Waals surface area (Å²) in [5, 5.41) is 18.0. The zero-order chi connectivity index (χ0) is 9.84. The Labute approximate surface area is 75.4 Å². The lowest BCUT2D eigenvalue weighted by atomic mass is 10.1. The van der Waals surface area contributed by atoms with Crippen LogP contribution in [0.15, 0.2) is 24.3 Å². The molecule has 1 aromatic carbocycles. The first-order valence-electron chi connectivity index (χ1n) is 3.70. The van der Waals surface area contributed by atoms with Gasteiger partial charge in [-0.3, -0.25) is 0 Å². The quantitative estimate of drug-likeness (QED) is 0.736. The SMILES string of the molecule is COC(C(=O)O)c1ccccc1O. The molecule has 70 valence electrons. The molecule has 0 saturated carbocycles. The summed E-state index contributed by atoms with van der Waals surface area (Å²) >= 11 is 0. The molecule has 0 spiro atoms. The number of aromatic hydroxyl groups is 1. The molecule has 13 heavy (non-hydrogen) atoms. The summed E-state index contributed by atoms with van der Waals surface area (Å²) in [6.45, 7) is 0. The van der Waals surface area contributed by atoms with Crippen LogP contribution in [0.1, 0.15) is 11.7 Å². The Morgan fingerprint density at radius 2 is 2.08 bits per heavy atom. The van der Waals surface area contributed by atoms with E-state index < -0.39 is 12.1 Å². The molecule has 1 atom stereocenters. The number of carboxylic acids is 1. The van der Waals surface area contributed by atoms with Crippen molar-refractivity contribution >= 4 is 5.97 Å². The number of para-hydroxylation sites is 1. The molecule has 0 bridgehead atoms. The van der Waals surface area contributed by atoms with E-state index in [2.05, 4.69) is 0 Å². The first-order chi connectivity index (χ1) is 6.16. The van der Waals surface area contributed by atoms with Gasteiger partial charge in [0.15, 0.2) is 6.10 Å². The predicted octanol–water partition coefficient (Wildman–Crippen LogP) is 1.16. The number of methoxy groups -OCH3 is 1. The third kappa shape index (κ3) is 1.97. The molecular formula is C9H10O4. The average Bonchev–Trinajstić information content (AvgIpc) is 2.09. The molecule has 0 fully saturated rings. The number of hydrogen-bond donors (Lipinski definition) is 2. The van der Waals surface area contributed by atoms with Crippen LogP contribution in [0, 0.1) is 0 Å².